The van der Waals surface area contributed by atoms with Crippen molar-refractivity contribution in [1.82, 2.24) is 10.2 Å². The molecule has 0 unspecified atom stereocenters. The molecule has 0 atom stereocenters. The van der Waals surface area contributed by atoms with E-state index in [1.165, 1.54) is 12.1 Å². The third-order valence-corrected chi connectivity index (χ3v) is 5.87. The van der Waals surface area contributed by atoms with Crippen molar-refractivity contribution in [2.45, 2.75) is 20.3 Å². The van der Waals surface area contributed by atoms with Gasteiger partial charge in [-0.1, -0.05) is 5.57 Å². The highest BCUT2D eigenvalue weighted by molar-refractivity contribution is 6.32. The maximum Gasteiger partial charge on any atom is 0.256 e. The van der Waals surface area contributed by atoms with E-state index in [9.17, 15) is 14.0 Å². The number of morpholine rings is 1. The van der Waals surface area contributed by atoms with E-state index in [2.05, 4.69) is 15.5 Å². The molecule has 1 fully saturated rings. The molecule has 1 aromatic carbocycles. The first-order valence-corrected chi connectivity index (χ1v) is 10.2. The van der Waals surface area contributed by atoms with Crippen LogP contribution >= 0.6 is 0 Å². The minimum atomic E-state index is -0.386. The number of hydrogen-bond acceptors (Lipinski definition) is 4. The number of carbonyl (C=O) groups is 2. The van der Waals surface area contributed by atoms with E-state index >= 15 is 0 Å². The standard InChI is InChI=1S/C23H26FN3O3/c1-14-11-16(12-19-18-13-17(24)3-4-20(18)26-22(19)28)15(2)21(14)23(29)25-5-6-27-7-9-30-10-8-27/h3-4,12-13H,5-11H2,1-2H3,(H,25,29)(H,26,28). The van der Waals surface area contributed by atoms with Crippen LogP contribution in [0.25, 0.3) is 5.57 Å². The van der Waals surface area contributed by atoms with E-state index in [0.29, 0.717) is 35.4 Å². The molecule has 2 heterocycles. The largest absolute Gasteiger partial charge is 0.379 e. The van der Waals surface area contributed by atoms with Crippen LogP contribution in [0.4, 0.5) is 10.1 Å². The van der Waals surface area contributed by atoms with Gasteiger partial charge >= 0.3 is 0 Å². The lowest BCUT2D eigenvalue weighted by atomic mass is 10.0. The van der Waals surface area contributed by atoms with Gasteiger partial charge in [0.1, 0.15) is 5.82 Å². The Morgan fingerprint density at radius 3 is 2.83 bits per heavy atom. The molecule has 2 N–H and O–H groups in total. The second kappa shape index (κ2) is 8.53. The zero-order valence-electron chi connectivity index (χ0n) is 17.3. The predicted octanol–water partition coefficient (Wildman–Crippen LogP) is 2.65. The first-order valence-electron chi connectivity index (χ1n) is 10.2. The maximum absolute atomic E-state index is 13.7. The Morgan fingerprint density at radius 2 is 2.07 bits per heavy atom. The number of rotatable bonds is 5. The van der Waals surface area contributed by atoms with Crippen LogP contribution in [0.3, 0.4) is 0 Å². The Kier molecular flexibility index (Phi) is 5.83. The molecule has 3 aliphatic rings. The van der Waals surface area contributed by atoms with Crippen molar-refractivity contribution in [1.29, 1.82) is 0 Å². The summed E-state index contributed by atoms with van der Waals surface area (Å²) >= 11 is 0. The molecule has 2 amide bonds. The number of anilines is 1. The van der Waals surface area contributed by atoms with Gasteiger partial charge in [0, 0.05) is 48.6 Å². The summed E-state index contributed by atoms with van der Waals surface area (Å²) in [5.74, 6) is -0.728. The van der Waals surface area contributed by atoms with Gasteiger partial charge in [-0.3, -0.25) is 14.5 Å². The topological polar surface area (TPSA) is 70.7 Å². The molecule has 0 aromatic heterocycles. The highest BCUT2D eigenvalue weighted by Gasteiger charge is 2.28. The van der Waals surface area contributed by atoms with Crippen LogP contribution in [0.15, 0.2) is 46.6 Å². The average molecular weight is 411 g/mol. The number of fused-ring (bicyclic) bond motifs is 1. The summed E-state index contributed by atoms with van der Waals surface area (Å²) in [6, 6.07) is 4.26. The lowest BCUT2D eigenvalue weighted by Crippen LogP contribution is -2.41. The summed E-state index contributed by atoms with van der Waals surface area (Å²) in [4.78, 5) is 27.5. The van der Waals surface area contributed by atoms with Crippen molar-refractivity contribution in [3.8, 4) is 0 Å². The third kappa shape index (κ3) is 4.08. The zero-order chi connectivity index (χ0) is 21.3. The Bertz CT molecular complexity index is 987. The molecule has 4 rings (SSSR count). The summed E-state index contributed by atoms with van der Waals surface area (Å²) < 4.78 is 19.0. The van der Waals surface area contributed by atoms with Crippen LogP contribution in [0.2, 0.25) is 0 Å². The minimum Gasteiger partial charge on any atom is -0.379 e. The number of carbonyl (C=O) groups excluding carboxylic acids is 2. The lowest BCUT2D eigenvalue weighted by molar-refractivity contribution is -0.117. The van der Waals surface area contributed by atoms with Crippen LogP contribution in [0, 0.1) is 5.82 Å². The number of allylic oxidation sites excluding steroid dienone is 3. The normalized spacial score (nSPS) is 20.8. The molecule has 30 heavy (non-hydrogen) atoms. The van der Waals surface area contributed by atoms with Crippen LogP contribution in [0.5, 0.6) is 0 Å². The molecule has 0 saturated carbocycles. The maximum atomic E-state index is 13.7. The van der Waals surface area contributed by atoms with E-state index < -0.39 is 0 Å². The van der Waals surface area contributed by atoms with E-state index in [4.69, 9.17) is 4.74 Å². The number of nitrogens with one attached hydrogen (secondary N) is 2. The van der Waals surface area contributed by atoms with Gasteiger partial charge in [0.05, 0.1) is 13.2 Å². The van der Waals surface area contributed by atoms with E-state index in [1.54, 1.807) is 12.1 Å². The van der Waals surface area contributed by atoms with Gasteiger partial charge in [0.15, 0.2) is 0 Å². The van der Waals surface area contributed by atoms with Crippen molar-refractivity contribution in [2.75, 3.05) is 44.7 Å². The van der Waals surface area contributed by atoms with Gasteiger partial charge in [-0.05, 0) is 55.7 Å². The lowest BCUT2D eigenvalue weighted by Gasteiger charge is -2.26. The van der Waals surface area contributed by atoms with Crippen molar-refractivity contribution in [3.63, 3.8) is 0 Å². The van der Waals surface area contributed by atoms with E-state index in [1.807, 2.05) is 13.8 Å². The minimum absolute atomic E-state index is 0.0889. The SMILES string of the molecule is CC1=C(C(=O)NCCN2CCOCC2)C(C)=C(C=C2C(=O)Nc3ccc(F)cc32)C1. The van der Waals surface area contributed by atoms with Gasteiger partial charge in [0.25, 0.3) is 11.8 Å². The molecule has 158 valence electrons. The third-order valence-electron chi connectivity index (χ3n) is 5.87. The number of hydrogen-bond donors (Lipinski definition) is 2. The van der Waals surface area contributed by atoms with E-state index in [0.717, 1.165) is 49.6 Å². The number of halogens is 1. The summed E-state index contributed by atoms with van der Waals surface area (Å²) in [5.41, 5.74) is 5.02. The Morgan fingerprint density at radius 1 is 1.30 bits per heavy atom. The second-order valence-corrected chi connectivity index (χ2v) is 7.89. The van der Waals surface area contributed by atoms with Gasteiger partial charge in [-0.2, -0.15) is 0 Å². The molecule has 1 aliphatic carbocycles. The fourth-order valence-electron chi connectivity index (χ4n) is 4.23. The van der Waals surface area contributed by atoms with Gasteiger partial charge in [-0.25, -0.2) is 4.39 Å². The molecule has 0 spiro atoms. The van der Waals surface area contributed by atoms with Gasteiger partial charge in [-0.15, -0.1) is 0 Å². The van der Waals surface area contributed by atoms with Gasteiger partial charge < -0.3 is 15.4 Å². The molecule has 0 radical (unpaired) electrons. The molecule has 2 aliphatic heterocycles. The fourth-order valence-corrected chi connectivity index (χ4v) is 4.23. The van der Waals surface area contributed by atoms with Crippen LogP contribution in [0.1, 0.15) is 25.8 Å². The summed E-state index contributed by atoms with van der Waals surface area (Å²) in [6.45, 7) is 8.46. The Balaban J connectivity index is 1.47. The molecular weight excluding hydrogens is 385 g/mol. The smallest absolute Gasteiger partial charge is 0.256 e. The van der Waals surface area contributed by atoms with Crippen molar-refractivity contribution < 1.29 is 18.7 Å². The number of nitrogens with zero attached hydrogens (tertiary/aromatic N) is 1. The summed E-state index contributed by atoms with van der Waals surface area (Å²) in [5, 5.41) is 5.78. The van der Waals surface area contributed by atoms with Crippen LogP contribution in [-0.2, 0) is 14.3 Å². The Hall–Kier alpha value is -2.77. The first-order chi connectivity index (χ1) is 14.4. The number of ether oxygens (including phenoxy) is 1. The average Bonchev–Trinajstić information content (AvgIpc) is 3.18. The highest BCUT2D eigenvalue weighted by Crippen LogP contribution is 2.38. The Labute approximate surface area is 175 Å². The zero-order valence-corrected chi connectivity index (χ0v) is 17.3. The number of benzene rings is 1. The number of amides is 2. The molecular formula is C23H26FN3O3. The highest BCUT2D eigenvalue weighted by atomic mass is 19.1. The van der Waals surface area contributed by atoms with Crippen molar-refractivity contribution in [2.24, 2.45) is 0 Å². The summed E-state index contributed by atoms with van der Waals surface area (Å²) in [6.07, 6.45) is 2.38. The molecule has 1 saturated heterocycles. The summed E-state index contributed by atoms with van der Waals surface area (Å²) in [7, 11) is 0. The molecule has 6 nitrogen and oxygen atoms in total. The first kappa shape index (κ1) is 20.5. The quantitative estimate of drug-likeness (QED) is 0.731. The molecule has 0 bridgehead atoms. The van der Waals surface area contributed by atoms with Crippen LogP contribution < -0.4 is 10.6 Å². The van der Waals surface area contributed by atoms with Crippen molar-refractivity contribution in [3.05, 3.63) is 57.9 Å². The molecule has 7 heteroatoms. The van der Waals surface area contributed by atoms with Gasteiger partial charge in [0.2, 0.25) is 0 Å². The van der Waals surface area contributed by atoms with Crippen LogP contribution in [-0.4, -0.2) is 56.1 Å². The van der Waals surface area contributed by atoms with Crippen molar-refractivity contribution >= 4 is 23.1 Å². The molecule has 1 aromatic rings. The van der Waals surface area contributed by atoms with E-state index in [-0.39, 0.29) is 17.6 Å². The fraction of sp³-hybridized carbons (Fsp3) is 0.391. The predicted molar refractivity (Wildman–Crippen MR) is 113 cm³/mol. The monoisotopic (exact) mass is 411 g/mol. The second-order valence-electron chi connectivity index (χ2n) is 7.89.